The Bertz CT molecular complexity index is 567. The van der Waals surface area contributed by atoms with Gasteiger partial charge in [-0.05, 0) is 12.1 Å². The predicted octanol–water partition coefficient (Wildman–Crippen LogP) is -8.33. The molecule has 1 aromatic carbocycles. The molecule has 0 aromatic heterocycles. The summed E-state index contributed by atoms with van der Waals surface area (Å²) >= 11 is 0. The van der Waals surface area contributed by atoms with Gasteiger partial charge in [0.15, 0.2) is 0 Å². The van der Waals surface area contributed by atoms with Crippen LogP contribution in [0.2, 0.25) is 0 Å². The Balaban J connectivity index is 0. The van der Waals surface area contributed by atoms with Gasteiger partial charge < -0.3 is 19.8 Å². The summed E-state index contributed by atoms with van der Waals surface area (Å²) in [6.45, 7) is 0. The van der Waals surface area contributed by atoms with Gasteiger partial charge in [0.1, 0.15) is 0 Å². The van der Waals surface area contributed by atoms with Crippen molar-refractivity contribution in [2.45, 2.75) is 4.90 Å². The Morgan fingerprint density at radius 1 is 1.00 bits per heavy atom. The molecule has 0 radical (unpaired) electrons. The van der Waals surface area contributed by atoms with E-state index in [0.29, 0.717) is 12.1 Å². The molecule has 0 aliphatic heterocycles. The number of hydrogen-bond acceptors (Lipinski definition) is 6. The second-order valence-corrected chi connectivity index (χ2v) is 4.18. The summed E-state index contributed by atoms with van der Waals surface area (Å²) in [5.41, 5.74) is -1.61. The molecule has 18 heavy (non-hydrogen) atoms. The van der Waals surface area contributed by atoms with Gasteiger partial charge in [-0.25, -0.2) is 0 Å². The smallest absolute Gasteiger partial charge is 0.545 e. The predicted molar refractivity (Wildman–Crippen MR) is 44.9 cm³/mol. The summed E-state index contributed by atoms with van der Waals surface area (Å²) in [6, 6.07) is 1.92. The Morgan fingerprint density at radius 3 is 1.78 bits per heavy atom. The van der Waals surface area contributed by atoms with Crippen LogP contribution in [0.15, 0.2) is 23.1 Å². The molecule has 0 saturated carbocycles. The third kappa shape index (κ3) is 5.77. The molecule has 1 N–H and O–H groups in total. The maximum absolute atomic E-state index is 10.7. The van der Waals surface area contributed by atoms with E-state index < -0.39 is 38.1 Å². The van der Waals surface area contributed by atoms with E-state index >= 15 is 0 Å². The van der Waals surface area contributed by atoms with E-state index in [0.717, 1.165) is 6.07 Å². The average Bonchev–Trinajstić information content (AvgIpc) is 2.15. The molecule has 0 fully saturated rings. The molecule has 0 aliphatic rings. The maximum atomic E-state index is 10.7. The van der Waals surface area contributed by atoms with Crippen molar-refractivity contribution in [1.82, 2.24) is 0 Å². The first-order chi connectivity index (χ1) is 7.23. The summed E-state index contributed by atoms with van der Waals surface area (Å²) in [7, 11) is -4.61. The van der Waals surface area contributed by atoms with Crippen molar-refractivity contribution < 1.29 is 136 Å². The van der Waals surface area contributed by atoms with Gasteiger partial charge in [-0.3, -0.25) is 4.55 Å². The molecule has 0 saturated heterocycles. The molecule has 0 bridgehead atoms. The molecule has 1 aromatic rings. The second kappa shape index (κ2) is 8.59. The summed E-state index contributed by atoms with van der Waals surface area (Å²) < 4.78 is 30.0. The molecule has 0 unspecified atom stereocenters. The van der Waals surface area contributed by atoms with Gasteiger partial charge in [-0.2, -0.15) is 8.42 Å². The molecule has 0 amide bonds. The molecule has 0 heterocycles. The van der Waals surface area contributed by atoms with E-state index in [4.69, 9.17) is 4.55 Å². The first-order valence-corrected chi connectivity index (χ1v) is 5.21. The number of carboxylic acid groups (broad SMARTS) is 2. The van der Waals surface area contributed by atoms with Gasteiger partial charge in [0, 0.05) is 11.1 Å². The van der Waals surface area contributed by atoms with Gasteiger partial charge in [0.05, 0.1) is 16.8 Å². The summed E-state index contributed by atoms with van der Waals surface area (Å²) in [4.78, 5) is 20.3. The van der Waals surface area contributed by atoms with E-state index in [-0.39, 0.29) is 103 Å². The quantitative estimate of drug-likeness (QED) is 0.431. The van der Waals surface area contributed by atoms with Crippen LogP contribution >= 0.6 is 0 Å². The number of carbonyl (C=O) groups is 2. The largest absolute Gasteiger partial charge is 1.00 e. The SMILES string of the molecule is O=C([O-])c1ccc(S(=O)(=O)O)cc1C(=O)[O-].[K+].[K+]. The molecule has 0 atom stereocenters. The Labute approximate surface area is 188 Å². The van der Waals surface area contributed by atoms with Crippen LogP contribution in [0.25, 0.3) is 0 Å². The monoisotopic (exact) mass is 322 g/mol. The molecular formula is C8H4K2O7S. The molecule has 1 rings (SSSR count). The standard InChI is InChI=1S/C8H6O7S.2K/c9-7(10)5-2-1-4(16(13,14)15)3-6(5)8(11)12;;/h1-3H,(H,9,10)(H,11,12)(H,13,14,15);;/q;2*+1/p-2. The van der Waals surface area contributed by atoms with Gasteiger partial charge in [0.25, 0.3) is 10.1 Å². The van der Waals surface area contributed by atoms with Crippen LogP contribution in [0.4, 0.5) is 0 Å². The topological polar surface area (TPSA) is 135 Å². The van der Waals surface area contributed by atoms with Crippen LogP contribution in [-0.4, -0.2) is 24.9 Å². The van der Waals surface area contributed by atoms with Crippen LogP contribution in [-0.2, 0) is 10.1 Å². The fourth-order valence-electron chi connectivity index (χ4n) is 1.03. The Kier molecular flexibility index (Phi) is 10.3. The van der Waals surface area contributed by atoms with Crippen LogP contribution in [0.5, 0.6) is 0 Å². The zero-order valence-corrected chi connectivity index (χ0v) is 16.6. The minimum Gasteiger partial charge on any atom is -0.545 e. The number of aromatic carboxylic acids is 2. The molecule has 0 aliphatic carbocycles. The van der Waals surface area contributed by atoms with Crippen LogP contribution in [0, 0.1) is 0 Å². The number of carboxylic acids is 2. The van der Waals surface area contributed by atoms with Crippen LogP contribution in [0.3, 0.4) is 0 Å². The Hall–Kier alpha value is 1.34. The minimum atomic E-state index is -4.61. The molecule has 7 nitrogen and oxygen atoms in total. The zero-order valence-electron chi connectivity index (χ0n) is 9.54. The van der Waals surface area contributed by atoms with Crippen molar-refractivity contribution >= 4 is 22.1 Å². The molecule has 86 valence electrons. The summed E-state index contributed by atoms with van der Waals surface area (Å²) in [6.07, 6.45) is 0. The maximum Gasteiger partial charge on any atom is 1.00 e. The van der Waals surface area contributed by atoms with Gasteiger partial charge in [0.2, 0.25) is 0 Å². The van der Waals surface area contributed by atoms with Gasteiger partial charge in [-0.15, -0.1) is 0 Å². The van der Waals surface area contributed by atoms with Gasteiger partial charge >= 0.3 is 103 Å². The van der Waals surface area contributed by atoms with E-state index in [1.54, 1.807) is 0 Å². The summed E-state index contributed by atoms with van der Waals surface area (Å²) in [5.74, 6) is -3.68. The number of rotatable bonds is 3. The normalized spacial score (nSPS) is 9.83. The van der Waals surface area contributed by atoms with Crippen molar-refractivity contribution in [2.24, 2.45) is 0 Å². The van der Waals surface area contributed by atoms with Gasteiger partial charge in [-0.1, -0.05) is 6.07 Å². The molecule has 0 spiro atoms. The number of benzene rings is 1. The van der Waals surface area contributed by atoms with E-state index in [2.05, 4.69) is 0 Å². The number of carbonyl (C=O) groups excluding carboxylic acids is 2. The number of hydrogen-bond donors (Lipinski definition) is 1. The third-order valence-electron chi connectivity index (χ3n) is 1.73. The second-order valence-electron chi connectivity index (χ2n) is 2.76. The van der Waals surface area contributed by atoms with Crippen molar-refractivity contribution in [3.63, 3.8) is 0 Å². The fourth-order valence-corrected chi connectivity index (χ4v) is 1.54. The fraction of sp³-hybridized carbons (Fsp3) is 0. The minimum absolute atomic E-state index is 0. The van der Waals surface area contributed by atoms with Crippen LogP contribution in [0.1, 0.15) is 20.7 Å². The third-order valence-corrected chi connectivity index (χ3v) is 2.58. The Morgan fingerprint density at radius 2 is 1.44 bits per heavy atom. The zero-order chi connectivity index (χ0) is 12.5. The van der Waals surface area contributed by atoms with Crippen molar-refractivity contribution in [3.05, 3.63) is 29.3 Å². The van der Waals surface area contributed by atoms with E-state index in [1.165, 1.54) is 0 Å². The van der Waals surface area contributed by atoms with E-state index in [9.17, 15) is 28.2 Å². The molecular weight excluding hydrogens is 318 g/mol. The average molecular weight is 322 g/mol. The first-order valence-electron chi connectivity index (χ1n) is 3.77. The first kappa shape index (κ1) is 21.6. The summed E-state index contributed by atoms with van der Waals surface area (Å²) in [5, 5.41) is 21.0. The van der Waals surface area contributed by atoms with E-state index in [1.807, 2.05) is 0 Å². The van der Waals surface area contributed by atoms with Crippen molar-refractivity contribution in [3.8, 4) is 0 Å². The van der Waals surface area contributed by atoms with Crippen molar-refractivity contribution in [1.29, 1.82) is 0 Å². The van der Waals surface area contributed by atoms with Crippen molar-refractivity contribution in [2.75, 3.05) is 0 Å². The molecule has 10 heteroatoms. The van der Waals surface area contributed by atoms with Crippen LogP contribution < -0.4 is 113 Å².